The highest BCUT2D eigenvalue weighted by Crippen LogP contribution is 2.37. The van der Waals surface area contributed by atoms with Crippen LogP contribution < -0.4 is 5.32 Å². The fourth-order valence-corrected chi connectivity index (χ4v) is 2.77. The molecule has 1 aliphatic heterocycles. The Morgan fingerprint density at radius 2 is 2.04 bits per heavy atom. The fraction of sp³-hybridized carbons (Fsp3) is 0.167. The number of hydrogen-bond acceptors (Lipinski definition) is 5. The summed E-state index contributed by atoms with van der Waals surface area (Å²) in [5, 5.41) is 13.0. The molecule has 0 saturated heterocycles. The van der Waals surface area contributed by atoms with Crippen LogP contribution in [-0.2, 0) is 16.0 Å². The van der Waals surface area contributed by atoms with E-state index in [1.54, 1.807) is 24.3 Å². The minimum Gasteiger partial charge on any atom is -0.505 e. The van der Waals surface area contributed by atoms with Gasteiger partial charge in [-0.1, -0.05) is 12.1 Å². The summed E-state index contributed by atoms with van der Waals surface area (Å²) in [6.45, 7) is 1.37. The summed E-state index contributed by atoms with van der Waals surface area (Å²) >= 11 is 0. The first-order valence-electron chi connectivity index (χ1n) is 7.96. The molecule has 2 heterocycles. The van der Waals surface area contributed by atoms with Crippen LogP contribution in [0.15, 0.2) is 41.4 Å². The molecule has 3 N–H and O–H groups in total. The molecule has 1 aromatic heterocycles. The monoisotopic (exact) mass is 354 g/mol. The van der Waals surface area contributed by atoms with E-state index in [2.05, 4.69) is 20.3 Å². The van der Waals surface area contributed by atoms with Gasteiger partial charge >= 0.3 is 0 Å². The second-order valence-electron chi connectivity index (χ2n) is 5.96. The number of imidazole rings is 1. The van der Waals surface area contributed by atoms with Crippen LogP contribution in [-0.4, -0.2) is 26.9 Å². The highest BCUT2D eigenvalue weighted by Gasteiger charge is 2.28. The number of aliphatic imine (C=N–C) groups is 1. The molecule has 0 fully saturated rings. The first-order valence-corrected chi connectivity index (χ1v) is 7.96. The largest absolute Gasteiger partial charge is 0.505 e. The fourth-order valence-electron chi connectivity index (χ4n) is 2.77. The van der Waals surface area contributed by atoms with Crippen LogP contribution in [0.25, 0.3) is 11.0 Å². The lowest BCUT2D eigenvalue weighted by Gasteiger charge is -2.26. The summed E-state index contributed by atoms with van der Waals surface area (Å²) in [6.07, 6.45) is -0.162. The Bertz CT molecular complexity index is 1030. The summed E-state index contributed by atoms with van der Waals surface area (Å²) in [4.78, 5) is 22.6. The average molecular weight is 354 g/mol. The van der Waals surface area contributed by atoms with Gasteiger partial charge in [-0.2, -0.15) is 0 Å². The second kappa shape index (κ2) is 6.14. The van der Waals surface area contributed by atoms with E-state index < -0.39 is 6.23 Å². The number of nitrogens with zero attached hydrogens (tertiary/aromatic N) is 2. The van der Waals surface area contributed by atoms with Gasteiger partial charge in [-0.15, -0.1) is 0 Å². The Hall–Kier alpha value is -3.42. The Kier molecular flexibility index (Phi) is 3.80. The third-order valence-electron chi connectivity index (χ3n) is 4.00. The third-order valence-corrected chi connectivity index (χ3v) is 4.00. The number of hydrogen-bond donors (Lipinski definition) is 3. The van der Waals surface area contributed by atoms with Gasteiger partial charge in [-0.25, -0.2) is 14.4 Å². The molecule has 1 aliphatic rings. The minimum absolute atomic E-state index is 0.0510. The van der Waals surface area contributed by atoms with Crippen molar-refractivity contribution >= 4 is 28.8 Å². The first-order chi connectivity index (χ1) is 12.5. The Balaban J connectivity index is 1.54. The molecule has 1 amide bonds. The van der Waals surface area contributed by atoms with Gasteiger partial charge in [0.15, 0.2) is 11.6 Å². The quantitative estimate of drug-likeness (QED) is 0.670. The number of carbonyl (C=O) groups is 1. The third kappa shape index (κ3) is 2.97. The molecule has 0 bridgehead atoms. The van der Waals surface area contributed by atoms with Gasteiger partial charge in [0.05, 0.1) is 11.1 Å². The van der Waals surface area contributed by atoms with E-state index in [9.17, 15) is 14.3 Å². The first kappa shape index (κ1) is 16.1. The molecule has 3 aromatic rings. The number of halogens is 1. The Morgan fingerprint density at radius 1 is 1.31 bits per heavy atom. The maximum absolute atomic E-state index is 12.9. The lowest BCUT2D eigenvalue weighted by molar-refractivity contribution is -0.114. The number of benzene rings is 2. The average Bonchev–Trinajstić information content (AvgIpc) is 2.96. The zero-order chi connectivity index (χ0) is 18.3. The predicted molar refractivity (Wildman–Crippen MR) is 93.4 cm³/mol. The van der Waals surface area contributed by atoms with Crippen molar-refractivity contribution in [3.63, 3.8) is 0 Å². The standard InChI is InChI=1S/C18H15FN4O3/c1-9(24)20-18-21-13-7-6-12(16(25)15(13)23-18)17-22-14(26-17)8-10-2-4-11(19)5-3-10/h2-7,17,25H,8H2,1H3,(H2,20,21,23,24). The molecule has 26 heavy (non-hydrogen) atoms. The Labute approximate surface area is 147 Å². The summed E-state index contributed by atoms with van der Waals surface area (Å²) in [7, 11) is 0. The summed E-state index contributed by atoms with van der Waals surface area (Å²) in [6, 6.07) is 9.54. The molecular formula is C18H15FN4O3. The minimum atomic E-state index is -0.615. The van der Waals surface area contributed by atoms with Crippen molar-refractivity contribution in [1.29, 1.82) is 0 Å². The number of carbonyl (C=O) groups excluding carboxylic acids is 1. The van der Waals surface area contributed by atoms with Crippen LogP contribution in [0.1, 0.15) is 24.3 Å². The zero-order valence-electron chi connectivity index (χ0n) is 13.8. The number of phenols is 1. The van der Waals surface area contributed by atoms with Gasteiger partial charge in [0.1, 0.15) is 11.3 Å². The second-order valence-corrected chi connectivity index (χ2v) is 5.96. The van der Waals surface area contributed by atoms with Crippen LogP contribution in [0.4, 0.5) is 10.3 Å². The number of H-pyrrole nitrogens is 1. The lowest BCUT2D eigenvalue weighted by atomic mass is 10.1. The maximum Gasteiger partial charge on any atom is 0.224 e. The van der Waals surface area contributed by atoms with E-state index in [1.165, 1.54) is 19.1 Å². The zero-order valence-corrected chi connectivity index (χ0v) is 13.8. The van der Waals surface area contributed by atoms with E-state index in [0.717, 1.165) is 5.56 Å². The number of anilines is 1. The highest BCUT2D eigenvalue weighted by molar-refractivity contribution is 5.91. The van der Waals surface area contributed by atoms with Crippen molar-refractivity contribution in [3.8, 4) is 5.75 Å². The van der Waals surface area contributed by atoms with Crippen molar-refractivity contribution in [2.75, 3.05) is 5.32 Å². The molecule has 2 aromatic carbocycles. The number of aromatic nitrogens is 2. The SMILES string of the molecule is CC(=O)Nc1nc2c(O)c(C3N=C(Cc4ccc(F)cc4)O3)ccc2[nH]1. The van der Waals surface area contributed by atoms with Crippen molar-refractivity contribution in [1.82, 2.24) is 9.97 Å². The highest BCUT2D eigenvalue weighted by atomic mass is 19.1. The molecule has 1 unspecified atom stereocenters. The number of ether oxygens (including phenoxy) is 1. The maximum atomic E-state index is 12.9. The van der Waals surface area contributed by atoms with Gasteiger partial charge in [0.2, 0.25) is 18.1 Å². The lowest BCUT2D eigenvalue weighted by Crippen LogP contribution is -2.23. The molecular weight excluding hydrogens is 339 g/mol. The van der Waals surface area contributed by atoms with Gasteiger partial charge in [0.25, 0.3) is 0 Å². The van der Waals surface area contributed by atoms with Gasteiger partial charge in [0, 0.05) is 13.3 Å². The molecule has 0 saturated carbocycles. The summed E-state index contributed by atoms with van der Waals surface area (Å²) in [5.41, 5.74) is 2.29. The molecule has 4 rings (SSSR count). The van der Waals surface area contributed by atoms with Crippen LogP contribution in [0, 0.1) is 5.82 Å². The van der Waals surface area contributed by atoms with Crippen molar-refractivity contribution in [3.05, 3.63) is 53.3 Å². The molecule has 8 heteroatoms. The van der Waals surface area contributed by atoms with Crippen LogP contribution in [0.3, 0.4) is 0 Å². The number of fused-ring (bicyclic) bond motifs is 1. The van der Waals surface area contributed by atoms with E-state index in [4.69, 9.17) is 4.74 Å². The topological polar surface area (TPSA) is 99.6 Å². The molecule has 7 nitrogen and oxygen atoms in total. The van der Waals surface area contributed by atoms with Gasteiger partial charge in [-0.05, 0) is 29.8 Å². The molecule has 0 radical (unpaired) electrons. The van der Waals surface area contributed by atoms with Gasteiger partial charge in [-0.3, -0.25) is 10.1 Å². The summed E-state index contributed by atoms with van der Waals surface area (Å²) < 4.78 is 18.6. The number of aromatic hydroxyl groups is 1. The number of phenolic OH excluding ortho intramolecular Hbond substituents is 1. The number of nitrogens with one attached hydrogen (secondary N) is 2. The van der Waals surface area contributed by atoms with Crippen LogP contribution in [0.5, 0.6) is 5.75 Å². The smallest absolute Gasteiger partial charge is 0.224 e. The van der Waals surface area contributed by atoms with Gasteiger partial charge < -0.3 is 14.8 Å². The summed E-state index contributed by atoms with van der Waals surface area (Å²) in [5.74, 6) is 0.169. The normalized spacial score (nSPS) is 15.9. The van der Waals surface area contributed by atoms with Crippen molar-refractivity contribution in [2.24, 2.45) is 4.99 Å². The number of rotatable bonds is 4. The van der Waals surface area contributed by atoms with E-state index in [0.29, 0.717) is 28.9 Å². The van der Waals surface area contributed by atoms with Crippen LogP contribution >= 0.6 is 0 Å². The number of amides is 1. The molecule has 132 valence electrons. The molecule has 1 atom stereocenters. The van der Waals surface area contributed by atoms with E-state index >= 15 is 0 Å². The van der Waals surface area contributed by atoms with E-state index in [1.807, 2.05) is 0 Å². The number of aromatic amines is 1. The molecule has 0 spiro atoms. The van der Waals surface area contributed by atoms with Crippen LogP contribution in [0.2, 0.25) is 0 Å². The molecule has 0 aliphatic carbocycles. The Morgan fingerprint density at radius 3 is 2.73 bits per heavy atom. The predicted octanol–water partition coefficient (Wildman–Crippen LogP) is 3.04. The van der Waals surface area contributed by atoms with Crippen molar-refractivity contribution < 1.29 is 19.0 Å². The van der Waals surface area contributed by atoms with E-state index in [-0.39, 0.29) is 23.4 Å². The van der Waals surface area contributed by atoms with Crippen molar-refractivity contribution in [2.45, 2.75) is 19.6 Å².